The standard InChI is InChI=1S/C8H8N4O2/c9-12-10-5-6-3-1-2-4-7(6)11-8(13)14/h1-4,11H,5H2,(H,13,14). The SMILES string of the molecule is [N-]=[N+]=NCc1ccccc1NC(=O)O. The Kier molecular flexibility index (Phi) is 3.34. The Morgan fingerprint density at radius 1 is 1.57 bits per heavy atom. The van der Waals surface area contributed by atoms with Crippen LogP contribution in [0.5, 0.6) is 0 Å². The van der Waals surface area contributed by atoms with Crippen LogP contribution in [0.25, 0.3) is 10.4 Å². The third kappa shape index (κ3) is 2.69. The quantitative estimate of drug-likeness (QED) is 0.437. The van der Waals surface area contributed by atoms with E-state index in [2.05, 4.69) is 15.3 Å². The molecule has 0 spiro atoms. The number of nitrogens with one attached hydrogen (secondary N) is 1. The van der Waals surface area contributed by atoms with E-state index in [0.717, 1.165) is 0 Å². The predicted octanol–water partition coefficient (Wildman–Crippen LogP) is 2.59. The monoisotopic (exact) mass is 192 g/mol. The molecule has 0 fully saturated rings. The fourth-order valence-corrected chi connectivity index (χ4v) is 1.00. The number of carbonyl (C=O) groups is 1. The summed E-state index contributed by atoms with van der Waals surface area (Å²) in [6.45, 7) is 0.132. The first-order chi connectivity index (χ1) is 6.74. The molecule has 0 saturated heterocycles. The molecule has 2 N–H and O–H groups in total. The Bertz CT molecular complexity index is 362. The first kappa shape index (κ1) is 9.88. The summed E-state index contributed by atoms with van der Waals surface area (Å²) in [5, 5.41) is 14.1. The molecule has 0 atom stereocenters. The van der Waals surface area contributed by atoms with Gasteiger partial charge >= 0.3 is 6.09 Å². The van der Waals surface area contributed by atoms with Gasteiger partial charge in [-0.3, -0.25) is 5.32 Å². The van der Waals surface area contributed by atoms with E-state index in [1.165, 1.54) is 0 Å². The van der Waals surface area contributed by atoms with Crippen LogP contribution in [-0.2, 0) is 6.54 Å². The van der Waals surface area contributed by atoms with Gasteiger partial charge in [-0.25, -0.2) is 4.79 Å². The van der Waals surface area contributed by atoms with E-state index in [0.29, 0.717) is 11.3 Å². The van der Waals surface area contributed by atoms with Gasteiger partial charge in [0.25, 0.3) is 0 Å². The molecule has 0 saturated carbocycles. The highest BCUT2D eigenvalue weighted by Crippen LogP contribution is 2.15. The molecule has 0 aromatic heterocycles. The molecule has 0 aliphatic rings. The van der Waals surface area contributed by atoms with E-state index in [1.807, 2.05) is 0 Å². The molecule has 6 heteroatoms. The summed E-state index contributed by atoms with van der Waals surface area (Å²) in [5.74, 6) is 0. The van der Waals surface area contributed by atoms with Gasteiger partial charge in [0.15, 0.2) is 0 Å². The third-order valence-corrected chi connectivity index (χ3v) is 1.56. The van der Waals surface area contributed by atoms with Crippen LogP contribution < -0.4 is 5.32 Å². The highest BCUT2D eigenvalue weighted by atomic mass is 16.4. The van der Waals surface area contributed by atoms with E-state index >= 15 is 0 Å². The highest BCUT2D eigenvalue weighted by molar-refractivity contribution is 5.83. The molecular formula is C8H8N4O2. The molecular weight excluding hydrogens is 184 g/mol. The number of azide groups is 1. The fraction of sp³-hybridized carbons (Fsp3) is 0.125. The lowest BCUT2D eigenvalue weighted by Gasteiger charge is -2.05. The number of rotatable bonds is 3. The number of carboxylic acid groups (broad SMARTS) is 1. The molecule has 0 bridgehead atoms. The molecule has 6 nitrogen and oxygen atoms in total. The molecule has 0 aliphatic heterocycles. The number of para-hydroxylation sites is 1. The minimum atomic E-state index is -1.14. The summed E-state index contributed by atoms with van der Waals surface area (Å²) in [4.78, 5) is 13.0. The van der Waals surface area contributed by atoms with E-state index in [9.17, 15) is 4.79 Å². The van der Waals surface area contributed by atoms with Crippen molar-refractivity contribution in [1.82, 2.24) is 0 Å². The lowest BCUT2D eigenvalue weighted by Crippen LogP contribution is -2.08. The molecule has 1 aromatic rings. The van der Waals surface area contributed by atoms with Crippen LogP contribution in [0.2, 0.25) is 0 Å². The predicted molar refractivity (Wildman–Crippen MR) is 50.9 cm³/mol. The summed E-state index contributed by atoms with van der Waals surface area (Å²) < 4.78 is 0. The summed E-state index contributed by atoms with van der Waals surface area (Å²) in [5.41, 5.74) is 9.21. The molecule has 0 radical (unpaired) electrons. The van der Waals surface area contributed by atoms with Crippen LogP contribution in [0.1, 0.15) is 5.56 Å². The second-order valence-corrected chi connectivity index (χ2v) is 2.48. The van der Waals surface area contributed by atoms with Crippen LogP contribution in [0.4, 0.5) is 10.5 Å². The van der Waals surface area contributed by atoms with Gasteiger partial charge in [0.1, 0.15) is 0 Å². The second-order valence-electron chi connectivity index (χ2n) is 2.48. The Labute approximate surface area is 79.8 Å². The maximum atomic E-state index is 10.4. The van der Waals surface area contributed by atoms with Crippen LogP contribution in [0.15, 0.2) is 29.4 Å². The zero-order valence-electron chi connectivity index (χ0n) is 7.21. The molecule has 14 heavy (non-hydrogen) atoms. The normalized spacial score (nSPS) is 8.86. The van der Waals surface area contributed by atoms with Gasteiger partial charge < -0.3 is 5.11 Å². The minimum Gasteiger partial charge on any atom is -0.465 e. The zero-order chi connectivity index (χ0) is 10.4. The number of benzene rings is 1. The smallest absolute Gasteiger partial charge is 0.409 e. The summed E-state index contributed by atoms with van der Waals surface area (Å²) in [6, 6.07) is 6.75. The third-order valence-electron chi connectivity index (χ3n) is 1.56. The van der Waals surface area contributed by atoms with E-state index in [4.69, 9.17) is 10.6 Å². The first-order valence-corrected chi connectivity index (χ1v) is 3.82. The van der Waals surface area contributed by atoms with Crippen molar-refractivity contribution in [3.8, 4) is 0 Å². The van der Waals surface area contributed by atoms with Gasteiger partial charge in [0, 0.05) is 10.6 Å². The Balaban J connectivity index is 2.90. The number of hydrogen-bond acceptors (Lipinski definition) is 2. The Morgan fingerprint density at radius 2 is 2.29 bits per heavy atom. The average Bonchev–Trinajstić information content (AvgIpc) is 2.16. The second kappa shape index (κ2) is 4.74. The molecule has 1 aromatic carbocycles. The van der Waals surface area contributed by atoms with Crippen LogP contribution in [0, 0.1) is 0 Å². The summed E-state index contributed by atoms with van der Waals surface area (Å²) in [7, 11) is 0. The van der Waals surface area contributed by atoms with Gasteiger partial charge in [-0.1, -0.05) is 23.3 Å². The Hall–Kier alpha value is -2.20. The summed E-state index contributed by atoms with van der Waals surface area (Å²) in [6.07, 6.45) is -1.14. The maximum Gasteiger partial charge on any atom is 0.409 e. The van der Waals surface area contributed by atoms with Crippen molar-refractivity contribution in [3.05, 3.63) is 40.3 Å². The summed E-state index contributed by atoms with van der Waals surface area (Å²) >= 11 is 0. The van der Waals surface area contributed by atoms with E-state index in [-0.39, 0.29) is 6.54 Å². The van der Waals surface area contributed by atoms with Crippen molar-refractivity contribution in [1.29, 1.82) is 0 Å². The van der Waals surface area contributed by atoms with Crippen molar-refractivity contribution in [3.63, 3.8) is 0 Å². The molecule has 72 valence electrons. The lowest BCUT2D eigenvalue weighted by atomic mass is 10.2. The van der Waals surface area contributed by atoms with E-state index < -0.39 is 6.09 Å². The van der Waals surface area contributed by atoms with Crippen LogP contribution in [-0.4, -0.2) is 11.2 Å². The maximum absolute atomic E-state index is 10.4. The largest absolute Gasteiger partial charge is 0.465 e. The van der Waals surface area contributed by atoms with Gasteiger partial charge in [-0.15, -0.1) is 0 Å². The van der Waals surface area contributed by atoms with Gasteiger partial charge in [-0.2, -0.15) is 0 Å². The van der Waals surface area contributed by atoms with Crippen molar-refractivity contribution in [2.45, 2.75) is 6.54 Å². The van der Waals surface area contributed by atoms with Gasteiger partial charge in [0.05, 0.1) is 6.54 Å². The van der Waals surface area contributed by atoms with Gasteiger partial charge in [-0.05, 0) is 17.2 Å². The van der Waals surface area contributed by atoms with Crippen molar-refractivity contribution >= 4 is 11.8 Å². The first-order valence-electron chi connectivity index (χ1n) is 3.82. The molecule has 1 rings (SSSR count). The van der Waals surface area contributed by atoms with Crippen molar-refractivity contribution in [2.75, 3.05) is 5.32 Å². The van der Waals surface area contributed by atoms with Crippen LogP contribution in [0.3, 0.4) is 0 Å². The van der Waals surface area contributed by atoms with Gasteiger partial charge in [0.2, 0.25) is 0 Å². The number of hydrogen-bond donors (Lipinski definition) is 2. The van der Waals surface area contributed by atoms with E-state index in [1.54, 1.807) is 24.3 Å². The fourth-order valence-electron chi connectivity index (χ4n) is 1.00. The lowest BCUT2D eigenvalue weighted by molar-refractivity contribution is 0.209. The average molecular weight is 192 g/mol. The molecule has 0 heterocycles. The van der Waals surface area contributed by atoms with Crippen LogP contribution >= 0.6 is 0 Å². The molecule has 1 amide bonds. The number of nitrogens with zero attached hydrogens (tertiary/aromatic N) is 3. The highest BCUT2D eigenvalue weighted by Gasteiger charge is 2.02. The minimum absolute atomic E-state index is 0.132. The topological polar surface area (TPSA) is 98.1 Å². The zero-order valence-corrected chi connectivity index (χ0v) is 7.21. The van der Waals surface area contributed by atoms with Crippen molar-refractivity contribution < 1.29 is 9.90 Å². The Morgan fingerprint density at radius 3 is 2.93 bits per heavy atom. The molecule has 0 unspecified atom stereocenters. The number of amides is 1. The van der Waals surface area contributed by atoms with Crippen molar-refractivity contribution in [2.24, 2.45) is 5.11 Å². The molecule has 0 aliphatic carbocycles. The number of anilines is 1.